The van der Waals surface area contributed by atoms with Gasteiger partial charge in [0, 0.05) is 26.2 Å². The number of benzene rings is 1. The van der Waals surface area contributed by atoms with Crippen LogP contribution >= 0.6 is 11.3 Å². The quantitative estimate of drug-likeness (QED) is 0.335. The van der Waals surface area contributed by atoms with Crippen LogP contribution in [0.2, 0.25) is 0 Å². The lowest BCUT2D eigenvalue weighted by atomic mass is 10.1. The summed E-state index contributed by atoms with van der Waals surface area (Å²) in [5, 5.41) is 14.8. The van der Waals surface area contributed by atoms with Gasteiger partial charge in [-0.3, -0.25) is 4.99 Å². The summed E-state index contributed by atoms with van der Waals surface area (Å²) in [7, 11) is 1.75. The molecule has 1 aromatic carbocycles. The number of thiazole rings is 1. The van der Waals surface area contributed by atoms with Crippen LogP contribution in [0.5, 0.6) is 0 Å². The zero-order chi connectivity index (χ0) is 18.4. The molecule has 8 heteroatoms. The third kappa shape index (κ3) is 4.72. The van der Waals surface area contributed by atoms with E-state index in [1.165, 1.54) is 4.70 Å². The number of rotatable bonds is 7. The molecule has 0 atom stereocenters. The number of nitrogens with one attached hydrogen (secondary N) is 3. The monoisotopic (exact) mass is 372 g/mol. The number of para-hydroxylation sites is 1. The lowest BCUT2D eigenvalue weighted by Gasteiger charge is -2.10. The second kappa shape index (κ2) is 8.66. The van der Waals surface area contributed by atoms with Crippen molar-refractivity contribution in [2.24, 2.45) is 4.99 Å². The molecule has 0 spiro atoms. The first-order valence-electron chi connectivity index (χ1n) is 8.65. The molecule has 2 aromatic heterocycles. The molecule has 138 valence electrons. The van der Waals surface area contributed by atoms with E-state index in [1.807, 2.05) is 24.3 Å². The van der Waals surface area contributed by atoms with Crippen molar-refractivity contribution in [2.45, 2.75) is 26.3 Å². The molecular formula is C18H24N6OS. The molecule has 0 fully saturated rings. The van der Waals surface area contributed by atoms with Gasteiger partial charge in [-0.25, -0.2) is 4.98 Å². The number of fused-ring (bicyclic) bond motifs is 1. The summed E-state index contributed by atoms with van der Waals surface area (Å²) < 4.78 is 6.51. The number of aromatic nitrogens is 2. The fourth-order valence-corrected chi connectivity index (χ4v) is 3.27. The standard InChI is InChI=1S/C18H24N6OS/c1-12(2)15-10-13(25-24-15)11-22-17(19-3)20-8-9-21-18-23-14-6-4-5-7-16(14)26-18/h4-7,10,12H,8-9,11H2,1-3H3,(H,21,23)(H2,19,20,22). The molecule has 0 saturated heterocycles. The molecule has 2 heterocycles. The molecule has 0 aliphatic heterocycles. The van der Waals surface area contributed by atoms with Crippen molar-refractivity contribution in [1.82, 2.24) is 20.8 Å². The fourth-order valence-electron chi connectivity index (χ4n) is 2.37. The molecule has 3 aromatic rings. The maximum absolute atomic E-state index is 5.32. The smallest absolute Gasteiger partial charge is 0.191 e. The van der Waals surface area contributed by atoms with E-state index in [9.17, 15) is 0 Å². The van der Waals surface area contributed by atoms with Crippen molar-refractivity contribution in [2.75, 3.05) is 25.5 Å². The number of anilines is 1. The van der Waals surface area contributed by atoms with Crippen molar-refractivity contribution >= 4 is 32.6 Å². The van der Waals surface area contributed by atoms with Gasteiger partial charge in [-0.1, -0.05) is 42.5 Å². The molecule has 3 rings (SSSR count). The maximum Gasteiger partial charge on any atom is 0.191 e. The van der Waals surface area contributed by atoms with Crippen LogP contribution in [0.15, 0.2) is 39.8 Å². The molecule has 0 unspecified atom stereocenters. The third-order valence-electron chi connectivity index (χ3n) is 3.81. The topological polar surface area (TPSA) is 87.4 Å². The predicted molar refractivity (Wildman–Crippen MR) is 107 cm³/mol. The van der Waals surface area contributed by atoms with Crippen molar-refractivity contribution in [3.63, 3.8) is 0 Å². The summed E-state index contributed by atoms with van der Waals surface area (Å²) in [4.78, 5) is 8.77. The van der Waals surface area contributed by atoms with Gasteiger partial charge in [-0.05, 0) is 18.1 Å². The molecule has 0 aliphatic carbocycles. The first-order valence-corrected chi connectivity index (χ1v) is 9.47. The van der Waals surface area contributed by atoms with Gasteiger partial charge in [0.05, 0.1) is 22.5 Å². The van der Waals surface area contributed by atoms with Crippen molar-refractivity contribution in [3.8, 4) is 0 Å². The van der Waals surface area contributed by atoms with Crippen LogP contribution in [0.3, 0.4) is 0 Å². The average Bonchev–Trinajstić information content (AvgIpc) is 3.27. The molecule has 26 heavy (non-hydrogen) atoms. The molecule has 0 amide bonds. The molecule has 0 aliphatic rings. The number of hydrogen-bond donors (Lipinski definition) is 3. The lowest BCUT2D eigenvalue weighted by molar-refractivity contribution is 0.372. The van der Waals surface area contributed by atoms with Crippen LogP contribution in [-0.4, -0.2) is 36.2 Å². The summed E-state index contributed by atoms with van der Waals surface area (Å²) >= 11 is 1.66. The Kier molecular flexibility index (Phi) is 6.06. The zero-order valence-corrected chi connectivity index (χ0v) is 16.1. The Hall–Kier alpha value is -2.61. The van der Waals surface area contributed by atoms with E-state index in [0.717, 1.165) is 41.2 Å². The second-order valence-corrected chi connectivity index (χ2v) is 7.17. The average molecular weight is 372 g/mol. The van der Waals surface area contributed by atoms with Gasteiger partial charge in [-0.2, -0.15) is 0 Å². The van der Waals surface area contributed by atoms with E-state index >= 15 is 0 Å². The summed E-state index contributed by atoms with van der Waals surface area (Å²) in [5.41, 5.74) is 1.99. The molecular weight excluding hydrogens is 348 g/mol. The second-order valence-electron chi connectivity index (χ2n) is 6.14. The lowest BCUT2D eigenvalue weighted by Crippen LogP contribution is -2.39. The van der Waals surface area contributed by atoms with E-state index in [1.54, 1.807) is 18.4 Å². The molecule has 0 radical (unpaired) electrons. The van der Waals surface area contributed by atoms with Gasteiger partial charge < -0.3 is 20.5 Å². The number of hydrogen-bond acceptors (Lipinski definition) is 6. The van der Waals surface area contributed by atoms with E-state index < -0.39 is 0 Å². The Morgan fingerprint density at radius 3 is 2.81 bits per heavy atom. The van der Waals surface area contributed by atoms with Gasteiger partial charge in [0.2, 0.25) is 0 Å². The predicted octanol–water partition coefficient (Wildman–Crippen LogP) is 3.18. The summed E-state index contributed by atoms with van der Waals surface area (Å²) in [6.07, 6.45) is 0. The fraction of sp³-hybridized carbons (Fsp3) is 0.389. The summed E-state index contributed by atoms with van der Waals surface area (Å²) in [6.45, 7) is 6.20. The molecule has 3 N–H and O–H groups in total. The van der Waals surface area contributed by atoms with E-state index in [0.29, 0.717) is 12.5 Å². The molecule has 0 bridgehead atoms. The van der Waals surface area contributed by atoms with Crippen molar-refractivity contribution < 1.29 is 4.52 Å². The van der Waals surface area contributed by atoms with Gasteiger partial charge in [0.25, 0.3) is 0 Å². The number of aliphatic imine (C=N–C) groups is 1. The number of guanidine groups is 1. The van der Waals surface area contributed by atoms with Crippen LogP contribution < -0.4 is 16.0 Å². The highest BCUT2D eigenvalue weighted by Crippen LogP contribution is 2.24. The molecule has 7 nitrogen and oxygen atoms in total. The van der Waals surface area contributed by atoms with Crippen LogP contribution in [0.1, 0.15) is 31.2 Å². The highest BCUT2D eigenvalue weighted by Gasteiger charge is 2.08. The van der Waals surface area contributed by atoms with E-state index in [4.69, 9.17) is 4.52 Å². The van der Waals surface area contributed by atoms with Crippen LogP contribution in [0, 0.1) is 0 Å². The Labute approximate surface area is 156 Å². The van der Waals surface area contributed by atoms with Gasteiger partial charge >= 0.3 is 0 Å². The van der Waals surface area contributed by atoms with Crippen molar-refractivity contribution in [3.05, 3.63) is 41.8 Å². The van der Waals surface area contributed by atoms with Crippen LogP contribution in [0.4, 0.5) is 5.13 Å². The first kappa shape index (κ1) is 18.2. The van der Waals surface area contributed by atoms with Gasteiger partial charge in [0.15, 0.2) is 16.9 Å². The Bertz CT molecular complexity index is 836. The normalized spacial score (nSPS) is 11.9. The summed E-state index contributed by atoms with van der Waals surface area (Å²) in [6, 6.07) is 10.1. The van der Waals surface area contributed by atoms with E-state index in [-0.39, 0.29) is 0 Å². The highest BCUT2D eigenvalue weighted by atomic mass is 32.1. The Balaban J connectivity index is 1.41. The summed E-state index contributed by atoms with van der Waals surface area (Å²) in [5.74, 6) is 1.88. The maximum atomic E-state index is 5.32. The number of nitrogens with zero attached hydrogens (tertiary/aromatic N) is 3. The minimum absolute atomic E-state index is 0.360. The zero-order valence-electron chi connectivity index (χ0n) is 15.2. The van der Waals surface area contributed by atoms with Crippen molar-refractivity contribution in [1.29, 1.82) is 0 Å². The first-order chi connectivity index (χ1) is 12.7. The molecule has 0 saturated carbocycles. The van der Waals surface area contributed by atoms with Crippen LogP contribution in [0.25, 0.3) is 10.2 Å². The van der Waals surface area contributed by atoms with Gasteiger partial charge in [0.1, 0.15) is 0 Å². The Morgan fingerprint density at radius 2 is 2.08 bits per heavy atom. The van der Waals surface area contributed by atoms with E-state index in [2.05, 4.69) is 51.0 Å². The SMILES string of the molecule is CN=C(NCCNc1nc2ccccc2s1)NCc1cc(C(C)C)no1. The Morgan fingerprint density at radius 1 is 1.23 bits per heavy atom. The minimum atomic E-state index is 0.360. The third-order valence-corrected chi connectivity index (χ3v) is 4.80. The minimum Gasteiger partial charge on any atom is -0.360 e. The highest BCUT2D eigenvalue weighted by molar-refractivity contribution is 7.22. The van der Waals surface area contributed by atoms with Crippen LogP contribution in [-0.2, 0) is 6.54 Å². The largest absolute Gasteiger partial charge is 0.360 e. The van der Waals surface area contributed by atoms with Gasteiger partial charge in [-0.15, -0.1) is 0 Å².